The lowest BCUT2D eigenvalue weighted by Gasteiger charge is -2.09. The van der Waals surface area contributed by atoms with Gasteiger partial charge in [0.05, 0.1) is 13.2 Å². The van der Waals surface area contributed by atoms with Crippen LogP contribution in [-0.4, -0.2) is 36.6 Å². The molecule has 0 saturated heterocycles. The fourth-order valence-corrected chi connectivity index (χ4v) is 2.54. The highest BCUT2D eigenvalue weighted by atomic mass is 16.5. The SMILES string of the molecule is OCCCCCOc1ccc2cc(OCCCCCO)ccc2c1. The van der Waals surface area contributed by atoms with Gasteiger partial charge in [-0.2, -0.15) is 0 Å². The molecule has 0 aliphatic carbocycles. The van der Waals surface area contributed by atoms with E-state index in [0.29, 0.717) is 13.2 Å². The van der Waals surface area contributed by atoms with Gasteiger partial charge in [0.1, 0.15) is 11.5 Å². The van der Waals surface area contributed by atoms with Gasteiger partial charge in [0.25, 0.3) is 0 Å². The molecule has 2 aromatic rings. The molecule has 0 atom stereocenters. The van der Waals surface area contributed by atoms with Crippen LogP contribution in [0.5, 0.6) is 11.5 Å². The van der Waals surface area contributed by atoms with E-state index in [1.807, 2.05) is 24.3 Å². The third kappa shape index (κ3) is 6.38. The van der Waals surface area contributed by atoms with Gasteiger partial charge in [0.15, 0.2) is 0 Å². The smallest absolute Gasteiger partial charge is 0.119 e. The first kappa shape index (κ1) is 18.6. The molecule has 0 aliphatic heterocycles. The van der Waals surface area contributed by atoms with E-state index in [4.69, 9.17) is 19.7 Å². The fraction of sp³-hybridized carbons (Fsp3) is 0.500. The van der Waals surface area contributed by atoms with Crippen molar-refractivity contribution in [1.82, 2.24) is 0 Å². The summed E-state index contributed by atoms with van der Waals surface area (Å²) in [5.74, 6) is 1.76. The van der Waals surface area contributed by atoms with Gasteiger partial charge in [0, 0.05) is 13.2 Å². The van der Waals surface area contributed by atoms with Gasteiger partial charge >= 0.3 is 0 Å². The van der Waals surface area contributed by atoms with Crippen LogP contribution in [0.4, 0.5) is 0 Å². The molecule has 2 N–H and O–H groups in total. The van der Waals surface area contributed by atoms with E-state index in [1.165, 1.54) is 0 Å². The lowest BCUT2D eigenvalue weighted by Crippen LogP contribution is -1.98. The van der Waals surface area contributed by atoms with Crippen LogP contribution >= 0.6 is 0 Å². The quantitative estimate of drug-likeness (QED) is 0.578. The molecule has 4 heteroatoms. The third-order valence-corrected chi connectivity index (χ3v) is 3.93. The Labute approximate surface area is 144 Å². The van der Waals surface area contributed by atoms with E-state index >= 15 is 0 Å². The zero-order valence-corrected chi connectivity index (χ0v) is 14.2. The molecular formula is C20H28O4. The molecule has 0 amide bonds. The van der Waals surface area contributed by atoms with E-state index in [9.17, 15) is 0 Å². The summed E-state index contributed by atoms with van der Waals surface area (Å²) in [7, 11) is 0. The molecular weight excluding hydrogens is 304 g/mol. The zero-order valence-electron chi connectivity index (χ0n) is 14.2. The fourth-order valence-electron chi connectivity index (χ4n) is 2.54. The van der Waals surface area contributed by atoms with Crippen LogP contribution in [0, 0.1) is 0 Å². The van der Waals surface area contributed by atoms with E-state index in [0.717, 1.165) is 60.8 Å². The Balaban J connectivity index is 1.83. The van der Waals surface area contributed by atoms with Gasteiger partial charge in [-0.15, -0.1) is 0 Å². The third-order valence-electron chi connectivity index (χ3n) is 3.93. The average molecular weight is 332 g/mol. The summed E-state index contributed by atoms with van der Waals surface area (Å²) in [6.07, 6.45) is 5.57. The second-order valence-corrected chi connectivity index (χ2v) is 5.94. The minimum atomic E-state index is 0.252. The predicted octanol–water partition coefficient (Wildman–Crippen LogP) is 3.92. The molecule has 0 heterocycles. The molecule has 24 heavy (non-hydrogen) atoms. The topological polar surface area (TPSA) is 58.9 Å². The van der Waals surface area contributed by atoms with Crippen molar-refractivity contribution in [1.29, 1.82) is 0 Å². The van der Waals surface area contributed by atoms with Gasteiger partial charge in [-0.05, 0) is 73.6 Å². The molecule has 0 radical (unpaired) electrons. The van der Waals surface area contributed by atoms with Crippen LogP contribution in [0.3, 0.4) is 0 Å². The maximum atomic E-state index is 8.75. The Kier molecular flexibility index (Phi) is 8.42. The summed E-state index contributed by atoms with van der Waals surface area (Å²) >= 11 is 0. The highest BCUT2D eigenvalue weighted by Crippen LogP contribution is 2.25. The largest absolute Gasteiger partial charge is 0.494 e. The molecule has 0 aromatic heterocycles. The number of unbranched alkanes of at least 4 members (excludes halogenated alkanes) is 4. The van der Waals surface area contributed by atoms with E-state index in [1.54, 1.807) is 0 Å². The summed E-state index contributed by atoms with van der Waals surface area (Å²) in [5.41, 5.74) is 0. The highest BCUT2D eigenvalue weighted by Gasteiger charge is 2.01. The molecule has 0 spiro atoms. The van der Waals surface area contributed by atoms with Crippen molar-refractivity contribution in [3.8, 4) is 11.5 Å². The molecule has 0 fully saturated rings. The molecule has 2 rings (SSSR count). The van der Waals surface area contributed by atoms with Gasteiger partial charge < -0.3 is 19.7 Å². The molecule has 2 aromatic carbocycles. The Morgan fingerprint density at radius 1 is 0.583 bits per heavy atom. The highest BCUT2D eigenvalue weighted by molar-refractivity contribution is 5.85. The van der Waals surface area contributed by atoms with E-state index in [2.05, 4.69) is 12.1 Å². The summed E-state index contributed by atoms with van der Waals surface area (Å²) < 4.78 is 11.5. The summed E-state index contributed by atoms with van der Waals surface area (Å²) in [6.45, 7) is 1.87. The first-order valence-corrected chi connectivity index (χ1v) is 8.84. The lowest BCUT2D eigenvalue weighted by atomic mass is 10.1. The molecule has 4 nitrogen and oxygen atoms in total. The van der Waals surface area contributed by atoms with Gasteiger partial charge in [-0.3, -0.25) is 0 Å². The van der Waals surface area contributed by atoms with Crippen molar-refractivity contribution < 1.29 is 19.7 Å². The molecule has 0 saturated carbocycles. The van der Waals surface area contributed by atoms with Crippen molar-refractivity contribution in [3.63, 3.8) is 0 Å². The van der Waals surface area contributed by atoms with Crippen molar-refractivity contribution in [2.75, 3.05) is 26.4 Å². The summed E-state index contributed by atoms with van der Waals surface area (Å²) in [6, 6.07) is 12.2. The van der Waals surface area contributed by atoms with Crippen LogP contribution in [0.15, 0.2) is 36.4 Å². The van der Waals surface area contributed by atoms with Crippen LogP contribution in [0.25, 0.3) is 10.8 Å². The summed E-state index contributed by atoms with van der Waals surface area (Å²) in [4.78, 5) is 0. The van der Waals surface area contributed by atoms with Crippen LogP contribution in [0.2, 0.25) is 0 Å². The Hall–Kier alpha value is -1.78. The number of benzene rings is 2. The van der Waals surface area contributed by atoms with Crippen molar-refractivity contribution in [2.24, 2.45) is 0 Å². The monoisotopic (exact) mass is 332 g/mol. The minimum absolute atomic E-state index is 0.252. The standard InChI is InChI=1S/C20H28O4/c21-11-3-1-5-13-23-19-9-7-18-16-20(10-8-17(18)15-19)24-14-6-2-4-12-22/h7-10,15-16,21-22H,1-6,11-14H2. The first-order chi connectivity index (χ1) is 11.8. The van der Waals surface area contributed by atoms with Gasteiger partial charge in [-0.25, -0.2) is 0 Å². The predicted molar refractivity (Wildman–Crippen MR) is 96.8 cm³/mol. The maximum absolute atomic E-state index is 8.75. The second-order valence-electron chi connectivity index (χ2n) is 5.94. The van der Waals surface area contributed by atoms with Crippen molar-refractivity contribution in [2.45, 2.75) is 38.5 Å². The number of aliphatic hydroxyl groups excluding tert-OH is 2. The second kappa shape index (κ2) is 10.9. The maximum Gasteiger partial charge on any atom is 0.119 e. The number of hydrogen-bond acceptors (Lipinski definition) is 4. The number of rotatable bonds is 12. The zero-order chi connectivity index (χ0) is 17.0. The van der Waals surface area contributed by atoms with E-state index < -0.39 is 0 Å². The van der Waals surface area contributed by atoms with E-state index in [-0.39, 0.29) is 13.2 Å². The van der Waals surface area contributed by atoms with Crippen LogP contribution in [-0.2, 0) is 0 Å². The molecule has 0 bridgehead atoms. The minimum Gasteiger partial charge on any atom is -0.494 e. The van der Waals surface area contributed by atoms with Gasteiger partial charge in [-0.1, -0.05) is 12.1 Å². The number of aliphatic hydroxyl groups is 2. The summed E-state index contributed by atoms with van der Waals surface area (Å²) in [5, 5.41) is 19.8. The normalized spacial score (nSPS) is 10.9. The number of fused-ring (bicyclic) bond motifs is 1. The van der Waals surface area contributed by atoms with Crippen LogP contribution < -0.4 is 9.47 Å². The Morgan fingerprint density at radius 2 is 1.04 bits per heavy atom. The van der Waals surface area contributed by atoms with Crippen molar-refractivity contribution >= 4 is 10.8 Å². The average Bonchev–Trinajstić information content (AvgIpc) is 2.61. The Morgan fingerprint density at radius 3 is 1.46 bits per heavy atom. The number of hydrogen-bond donors (Lipinski definition) is 2. The Bertz CT molecular complexity index is 544. The first-order valence-electron chi connectivity index (χ1n) is 8.84. The van der Waals surface area contributed by atoms with Gasteiger partial charge in [0.2, 0.25) is 0 Å². The number of ether oxygens (including phenoxy) is 2. The van der Waals surface area contributed by atoms with Crippen LogP contribution in [0.1, 0.15) is 38.5 Å². The van der Waals surface area contributed by atoms with Crippen molar-refractivity contribution in [3.05, 3.63) is 36.4 Å². The molecule has 0 unspecified atom stereocenters. The lowest BCUT2D eigenvalue weighted by molar-refractivity contribution is 0.265. The molecule has 0 aliphatic rings. The molecule has 132 valence electrons.